The van der Waals surface area contributed by atoms with Gasteiger partial charge < -0.3 is 9.05 Å². The van der Waals surface area contributed by atoms with Crippen molar-refractivity contribution in [2.45, 2.75) is 32.1 Å². The van der Waals surface area contributed by atoms with Crippen LogP contribution in [-0.4, -0.2) is 33.3 Å². The molecule has 0 aliphatic heterocycles. The maximum absolute atomic E-state index is 11.1. The zero-order valence-electron chi connectivity index (χ0n) is 17.4. The molecule has 0 atom stereocenters. The van der Waals surface area contributed by atoms with Gasteiger partial charge in [-0.05, 0) is 36.1 Å². The van der Waals surface area contributed by atoms with Gasteiger partial charge in [-0.2, -0.15) is 18.4 Å². The molecule has 2 aromatic heterocycles. The van der Waals surface area contributed by atoms with E-state index < -0.39 is 15.7 Å². The first-order valence-electron chi connectivity index (χ1n) is 9.73. The van der Waals surface area contributed by atoms with E-state index in [1.54, 1.807) is 38.1 Å². The van der Waals surface area contributed by atoms with Crippen LogP contribution in [0.1, 0.15) is 34.6 Å². The summed E-state index contributed by atoms with van der Waals surface area (Å²) in [6, 6.07) is 16.4. The van der Waals surface area contributed by atoms with Crippen LogP contribution in [0.4, 0.5) is 5.69 Å². The first-order chi connectivity index (χ1) is 15.2. The van der Waals surface area contributed by atoms with Gasteiger partial charge in [0.2, 0.25) is 11.8 Å². The number of nitrogens with zero attached hydrogens (tertiary/aromatic N) is 4. The Hall–Kier alpha value is -3.57. The van der Waals surface area contributed by atoms with Crippen molar-refractivity contribution < 1.29 is 22.0 Å². The van der Waals surface area contributed by atoms with E-state index in [-0.39, 0.29) is 5.69 Å². The molecule has 0 fully saturated rings. The van der Waals surface area contributed by atoms with Crippen molar-refractivity contribution >= 4 is 16.0 Å². The van der Waals surface area contributed by atoms with Gasteiger partial charge >= 0.3 is 10.3 Å². The summed E-state index contributed by atoms with van der Waals surface area (Å²) >= 11 is 0. The van der Waals surface area contributed by atoms with E-state index in [4.69, 9.17) is 13.6 Å². The van der Waals surface area contributed by atoms with Crippen molar-refractivity contribution in [3.63, 3.8) is 0 Å². The largest absolute Gasteiger partial charge is 0.357 e. The van der Waals surface area contributed by atoms with Gasteiger partial charge in [0.05, 0.1) is 5.69 Å². The van der Waals surface area contributed by atoms with Gasteiger partial charge in [0.1, 0.15) is 5.41 Å². The second kappa shape index (κ2) is 8.52. The second-order valence-electron chi connectivity index (χ2n) is 7.47. The molecule has 4 aromatic rings. The van der Waals surface area contributed by atoms with Gasteiger partial charge in [0.15, 0.2) is 11.6 Å². The zero-order valence-corrected chi connectivity index (χ0v) is 18.2. The Balaban J connectivity index is 1.80. The number of nitrogens with one attached hydrogen (secondary N) is 1. The standard InChI is InChI=1S/C21H21N5O5S/c1-14-22-19(24-30-14)21(20-23-15(2)31-25-20,12-16-6-4-3-5-7-16)13-17-8-10-18(11-9-17)26-32(27,28)29/h3-11,26H,12-13H2,1-2H3,(H,27,28,29). The predicted octanol–water partition coefficient (Wildman–Crippen LogP) is 3.06. The summed E-state index contributed by atoms with van der Waals surface area (Å²) in [5, 5.41) is 8.40. The maximum atomic E-state index is 11.1. The van der Waals surface area contributed by atoms with Crippen LogP contribution in [0.5, 0.6) is 0 Å². The third kappa shape index (κ3) is 4.84. The fraction of sp³-hybridized carbons (Fsp3) is 0.238. The average molecular weight is 455 g/mol. The van der Waals surface area contributed by atoms with Crippen molar-refractivity contribution in [3.8, 4) is 0 Å². The minimum absolute atomic E-state index is 0.232. The molecule has 11 heteroatoms. The molecule has 0 amide bonds. The van der Waals surface area contributed by atoms with Crippen molar-refractivity contribution in [2.75, 3.05) is 4.72 Å². The molecule has 0 aliphatic carbocycles. The molecular weight excluding hydrogens is 434 g/mol. The van der Waals surface area contributed by atoms with Gasteiger partial charge in [0, 0.05) is 13.8 Å². The monoisotopic (exact) mass is 455 g/mol. The molecule has 2 heterocycles. The van der Waals surface area contributed by atoms with Gasteiger partial charge in [0.25, 0.3) is 0 Å². The summed E-state index contributed by atoms with van der Waals surface area (Å²) in [7, 11) is -4.36. The van der Waals surface area contributed by atoms with Crippen LogP contribution in [-0.2, 0) is 28.6 Å². The molecule has 10 nitrogen and oxygen atoms in total. The third-order valence-electron chi connectivity index (χ3n) is 4.97. The molecule has 0 saturated carbocycles. The van der Waals surface area contributed by atoms with E-state index in [1.807, 2.05) is 35.1 Å². The number of hydrogen-bond acceptors (Lipinski definition) is 8. The number of rotatable bonds is 8. The molecule has 0 aliphatic rings. The second-order valence-corrected chi connectivity index (χ2v) is 8.62. The summed E-state index contributed by atoms with van der Waals surface area (Å²) in [6.07, 6.45) is 0.850. The molecule has 0 spiro atoms. The lowest BCUT2D eigenvalue weighted by molar-refractivity contribution is 0.344. The number of aryl methyl sites for hydroxylation is 2. The molecule has 4 rings (SSSR count). The average Bonchev–Trinajstić information content (AvgIpc) is 3.37. The summed E-state index contributed by atoms with van der Waals surface area (Å²) in [6.45, 7) is 3.42. The summed E-state index contributed by atoms with van der Waals surface area (Å²) < 4.78 is 43.8. The van der Waals surface area contributed by atoms with E-state index in [0.717, 1.165) is 11.1 Å². The summed E-state index contributed by atoms with van der Waals surface area (Å²) in [5.74, 6) is 1.65. The topological polar surface area (TPSA) is 144 Å². The maximum Gasteiger partial charge on any atom is 0.357 e. The number of hydrogen-bond donors (Lipinski definition) is 2. The molecular formula is C21H21N5O5S. The minimum Gasteiger partial charge on any atom is -0.340 e. The molecule has 0 radical (unpaired) electrons. The van der Waals surface area contributed by atoms with E-state index in [2.05, 4.69) is 20.3 Å². The quantitative estimate of drug-likeness (QED) is 0.383. The Labute approximate surface area is 184 Å². The van der Waals surface area contributed by atoms with Crippen LogP contribution in [0.3, 0.4) is 0 Å². The lowest BCUT2D eigenvalue weighted by atomic mass is 9.75. The van der Waals surface area contributed by atoms with Crippen molar-refractivity contribution in [2.24, 2.45) is 0 Å². The Morgan fingerprint density at radius 2 is 1.34 bits per heavy atom. The summed E-state index contributed by atoms with van der Waals surface area (Å²) in [4.78, 5) is 9.01. The Morgan fingerprint density at radius 1 is 0.844 bits per heavy atom. The van der Waals surface area contributed by atoms with E-state index >= 15 is 0 Å². The fourth-order valence-electron chi connectivity index (χ4n) is 3.60. The van der Waals surface area contributed by atoms with Gasteiger partial charge in [-0.1, -0.05) is 52.8 Å². The molecule has 32 heavy (non-hydrogen) atoms. The first kappa shape index (κ1) is 21.7. The predicted molar refractivity (Wildman–Crippen MR) is 114 cm³/mol. The Bertz CT molecular complexity index is 1260. The molecule has 0 saturated heterocycles. The molecule has 0 bridgehead atoms. The lowest BCUT2D eigenvalue weighted by Crippen LogP contribution is -2.36. The molecule has 2 aromatic carbocycles. The van der Waals surface area contributed by atoms with E-state index in [9.17, 15) is 8.42 Å². The van der Waals surface area contributed by atoms with Gasteiger partial charge in [-0.3, -0.25) is 9.27 Å². The highest BCUT2D eigenvalue weighted by Gasteiger charge is 2.43. The van der Waals surface area contributed by atoms with Crippen molar-refractivity contribution in [1.29, 1.82) is 0 Å². The molecule has 166 valence electrons. The zero-order chi connectivity index (χ0) is 22.8. The summed E-state index contributed by atoms with van der Waals surface area (Å²) in [5.41, 5.74) is 1.18. The number of aromatic nitrogens is 4. The lowest BCUT2D eigenvalue weighted by Gasteiger charge is -2.28. The van der Waals surface area contributed by atoms with E-state index in [1.165, 1.54) is 0 Å². The van der Waals surface area contributed by atoms with Crippen LogP contribution in [0.15, 0.2) is 63.6 Å². The number of anilines is 1. The number of benzene rings is 2. The molecule has 2 N–H and O–H groups in total. The minimum atomic E-state index is -4.36. The van der Waals surface area contributed by atoms with Gasteiger partial charge in [-0.25, -0.2) is 0 Å². The highest BCUT2D eigenvalue weighted by molar-refractivity contribution is 7.87. The normalized spacial score (nSPS) is 12.1. The fourth-order valence-corrected chi connectivity index (χ4v) is 4.03. The van der Waals surface area contributed by atoms with Crippen LogP contribution in [0, 0.1) is 13.8 Å². The first-order valence-corrected chi connectivity index (χ1v) is 11.2. The van der Waals surface area contributed by atoms with Crippen LogP contribution < -0.4 is 4.72 Å². The van der Waals surface area contributed by atoms with Crippen molar-refractivity contribution in [1.82, 2.24) is 20.3 Å². The Kier molecular flexibility index (Phi) is 5.76. The van der Waals surface area contributed by atoms with Crippen LogP contribution in [0.2, 0.25) is 0 Å². The SMILES string of the molecule is Cc1nc(C(Cc2ccccc2)(Cc2ccc(NS(=O)(=O)O)cc2)c2noc(C)n2)no1. The molecule has 0 unspecified atom stereocenters. The highest BCUT2D eigenvalue weighted by Crippen LogP contribution is 2.36. The van der Waals surface area contributed by atoms with Crippen molar-refractivity contribution in [3.05, 3.63) is 89.2 Å². The van der Waals surface area contributed by atoms with Gasteiger partial charge in [-0.15, -0.1) is 0 Å². The smallest absolute Gasteiger partial charge is 0.340 e. The Morgan fingerprint density at radius 3 is 1.78 bits per heavy atom. The van der Waals surface area contributed by atoms with E-state index in [0.29, 0.717) is 36.3 Å². The highest BCUT2D eigenvalue weighted by atomic mass is 32.2. The third-order valence-corrected chi connectivity index (χ3v) is 5.46. The van der Waals surface area contributed by atoms with Crippen LogP contribution in [0.25, 0.3) is 0 Å². The van der Waals surface area contributed by atoms with Crippen LogP contribution >= 0.6 is 0 Å².